The normalized spacial score (nSPS) is 37.3. The summed E-state index contributed by atoms with van der Waals surface area (Å²) in [6.45, 7) is -0.609. The van der Waals surface area contributed by atoms with Crippen molar-refractivity contribution in [2.24, 2.45) is 5.92 Å². The molecular formula is C15H20O9. The fraction of sp³-hybridized carbons (Fsp3) is 0.600. The van der Waals surface area contributed by atoms with Crippen LogP contribution in [0, 0.1) is 5.92 Å². The van der Waals surface area contributed by atoms with Gasteiger partial charge in [0.15, 0.2) is 11.5 Å². The standard InChI is InChI=1S/C15H20O9/c16-6-10-12(20)13(21)14(22)15(24-10)23-9-5-7(1-3-8(9)17)2-4-11(18)19/h2,4-5,7,10,12-16,20-22H,1,3,6H2,(H,18,19)/t7?,10-,12-,13+,14-,15+/m1/s1. The van der Waals surface area contributed by atoms with E-state index in [4.69, 9.17) is 19.7 Å². The van der Waals surface area contributed by atoms with Crippen LogP contribution in [0.15, 0.2) is 24.0 Å². The maximum absolute atomic E-state index is 11.9. The van der Waals surface area contributed by atoms with E-state index in [0.29, 0.717) is 6.42 Å². The summed E-state index contributed by atoms with van der Waals surface area (Å²) >= 11 is 0. The van der Waals surface area contributed by atoms with Gasteiger partial charge in [0.05, 0.1) is 6.61 Å². The minimum atomic E-state index is -1.62. The summed E-state index contributed by atoms with van der Waals surface area (Å²) in [5.74, 6) is -1.92. The molecule has 1 heterocycles. The molecule has 0 spiro atoms. The van der Waals surface area contributed by atoms with Gasteiger partial charge in [-0.1, -0.05) is 6.08 Å². The average molecular weight is 344 g/mol. The maximum atomic E-state index is 11.9. The number of aliphatic hydroxyl groups is 4. The Balaban J connectivity index is 2.12. The van der Waals surface area contributed by atoms with Crippen LogP contribution in [-0.4, -0.2) is 74.6 Å². The topological polar surface area (TPSA) is 154 Å². The lowest BCUT2D eigenvalue weighted by Crippen LogP contribution is -2.59. The number of rotatable bonds is 5. The Hall–Kier alpha value is -1.78. The van der Waals surface area contributed by atoms with Crippen molar-refractivity contribution in [3.8, 4) is 0 Å². The smallest absolute Gasteiger partial charge is 0.327 e. The van der Waals surface area contributed by atoms with Gasteiger partial charge in [0.2, 0.25) is 6.29 Å². The summed E-state index contributed by atoms with van der Waals surface area (Å²) in [6.07, 6.45) is -3.02. The second-order valence-corrected chi connectivity index (χ2v) is 5.67. The van der Waals surface area contributed by atoms with Gasteiger partial charge in [-0.3, -0.25) is 4.79 Å². The number of aliphatic carboxylic acids is 1. The molecule has 9 nitrogen and oxygen atoms in total. The minimum Gasteiger partial charge on any atom is -0.478 e. The van der Waals surface area contributed by atoms with Gasteiger partial charge in [0.1, 0.15) is 24.4 Å². The number of carbonyl (C=O) groups excluding carboxylic acids is 1. The van der Waals surface area contributed by atoms with Crippen molar-refractivity contribution < 1.29 is 44.6 Å². The molecule has 9 heteroatoms. The van der Waals surface area contributed by atoms with E-state index < -0.39 is 43.3 Å². The zero-order valence-corrected chi connectivity index (χ0v) is 12.7. The van der Waals surface area contributed by atoms with Crippen molar-refractivity contribution in [3.63, 3.8) is 0 Å². The predicted molar refractivity (Wildman–Crippen MR) is 77.4 cm³/mol. The first-order valence-electron chi connectivity index (χ1n) is 7.46. The SMILES string of the molecule is O=C(O)C=CC1C=C(O[C@H]2O[C@H](CO)[C@@H](O)[C@H](O)[C@H]2O)C(=O)CC1. The summed E-state index contributed by atoms with van der Waals surface area (Å²) in [5.41, 5.74) is 0. The largest absolute Gasteiger partial charge is 0.478 e. The van der Waals surface area contributed by atoms with E-state index in [-0.39, 0.29) is 23.9 Å². The van der Waals surface area contributed by atoms with Crippen molar-refractivity contribution in [2.75, 3.05) is 6.61 Å². The molecule has 1 saturated heterocycles. The van der Waals surface area contributed by atoms with E-state index in [1.165, 1.54) is 12.2 Å². The average Bonchev–Trinajstić information content (AvgIpc) is 2.55. The molecule has 0 aromatic carbocycles. The molecule has 1 fully saturated rings. The van der Waals surface area contributed by atoms with E-state index in [2.05, 4.69) is 0 Å². The fourth-order valence-electron chi connectivity index (χ4n) is 2.54. The van der Waals surface area contributed by atoms with Crippen LogP contribution in [0.25, 0.3) is 0 Å². The van der Waals surface area contributed by atoms with Gasteiger partial charge < -0.3 is 35.0 Å². The highest BCUT2D eigenvalue weighted by Gasteiger charge is 2.45. The van der Waals surface area contributed by atoms with Gasteiger partial charge >= 0.3 is 5.97 Å². The Bertz CT molecular complexity index is 539. The summed E-state index contributed by atoms with van der Waals surface area (Å²) in [7, 11) is 0. The third-order valence-electron chi connectivity index (χ3n) is 3.92. The second-order valence-electron chi connectivity index (χ2n) is 5.67. The van der Waals surface area contributed by atoms with Gasteiger partial charge in [-0.15, -0.1) is 0 Å². The molecule has 6 atom stereocenters. The molecule has 0 aromatic heterocycles. The van der Waals surface area contributed by atoms with Crippen LogP contribution in [0.1, 0.15) is 12.8 Å². The predicted octanol–water partition coefficient (Wildman–Crippen LogP) is -1.69. The van der Waals surface area contributed by atoms with Gasteiger partial charge in [0, 0.05) is 12.5 Å². The van der Waals surface area contributed by atoms with Crippen LogP contribution in [0.3, 0.4) is 0 Å². The molecule has 5 N–H and O–H groups in total. The first-order valence-corrected chi connectivity index (χ1v) is 7.46. The molecule has 0 amide bonds. The molecule has 24 heavy (non-hydrogen) atoms. The molecule has 0 bridgehead atoms. The third kappa shape index (κ3) is 4.19. The lowest BCUT2D eigenvalue weighted by Gasteiger charge is -2.40. The molecule has 2 aliphatic rings. The van der Waals surface area contributed by atoms with Crippen LogP contribution < -0.4 is 0 Å². The number of carbonyl (C=O) groups is 2. The molecule has 0 aromatic rings. The van der Waals surface area contributed by atoms with Crippen molar-refractivity contribution in [3.05, 3.63) is 24.0 Å². The Kier molecular flexibility index (Phi) is 6.08. The van der Waals surface area contributed by atoms with E-state index in [0.717, 1.165) is 6.08 Å². The fourth-order valence-corrected chi connectivity index (χ4v) is 2.54. The third-order valence-corrected chi connectivity index (χ3v) is 3.92. The Labute approximate surface area is 137 Å². The monoisotopic (exact) mass is 344 g/mol. The van der Waals surface area contributed by atoms with Crippen LogP contribution in [0.2, 0.25) is 0 Å². The number of allylic oxidation sites excluding steroid dienone is 3. The Morgan fingerprint density at radius 3 is 2.62 bits per heavy atom. The summed E-state index contributed by atoms with van der Waals surface area (Å²) < 4.78 is 10.5. The van der Waals surface area contributed by atoms with Crippen molar-refractivity contribution in [2.45, 2.75) is 43.5 Å². The zero-order chi connectivity index (χ0) is 17.9. The highest BCUT2D eigenvalue weighted by Crippen LogP contribution is 2.28. The second kappa shape index (κ2) is 7.86. The molecule has 2 rings (SSSR count). The zero-order valence-electron chi connectivity index (χ0n) is 12.7. The molecule has 134 valence electrons. The van der Waals surface area contributed by atoms with Gasteiger partial charge in [0.25, 0.3) is 0 Å². The van der Waals surface area contributed by atoms with Crippen molar-refractivity contribution >= 4 is 11.8 Å². The first-order chi connectivity index (χ1) is 11.3. The maximum Gasteiger partial charge on any atom is 0.327 e. The summed E-state index contributed by atoms with van der Waals surface area (Å²) in [5, 5.41) is 47.1. The van der Waals surface area contributed by atoms with Crippen molar-refractivity contribution in [1.29, 1.82) is 0 Å². The lowest BCUT2D eigenvalue weighted by molar-refractivity contribution is -0.291. The number of Topliss-reactive ketones (excluding diaryl/α,β-unsaturated/α-hetero) is 1. The van der Waals surface area contributed by atoms with Gasteiger partial charge in [-0.25, -0.2) is 4.79 Å². The van der Waals surface area contributed by atoms with E-state index in [9.17, 15) is 24.9 Å². The summed E-state index contributed by atoms with van der Waals surface area (Å²) in [6, 6.07) is 0. The van der Waals surface area contributed by atoms with E-state index >= 15 is 0 Å². The first kappa shape index (κ1) is 18.6. The molecular weight excluding hydrogens is 324 g/mol. The number of carboxylic acids is 1. The summed E-state index contributed by atoms with van der Waals surface area (Å²) in [4.78, 5) is 22.5. The Morgan fingerprint density at radius 1 is 1.29 bits per heavy atom. The number of aliphatic hydroxyl groups excluding tert-OH is 4. The number of hydrogen-bond donors (Lipinski definition) is 5. The van der Waals surface area contributed by atoms with Gasteiger partial charge in [-0.05, 0) is 18.4 Å². The van der Waals surface area contributed by atoms with Crippen LogP contribution in [0.5, 0.6) is 0 Å². The molecule has 0 radical (unpaired) electrons. The number of hydrogen-bond acceptors (Lipinski definition) is 8. The number of ether oxygens (including phenoxy) is 2. The van der Waals surface area contributed by atoms with E-state index in [1.807, 2.05) is 0 Å². The molecule has 0 saturated carbocycles. The highest BCUT2D eigenvalue weighted by molar-refractivity contribution is 5.94. The van der Waals surface area contributed by atoms with Crippen LogP contribution in [0.4, 0.5) is 0 Å². The quantitative estimate of drug-likeness (QED) is 0.367. The van der Waals surface area contributed by atoms with E-state index in [1.54, 1.807) is 0 Å². The molecule has 1 aliphatic heterocycles. The van der Waals surface area contributed by atoms with Gasteiger partial charge in [-0.2, -0.15) is 0 Å². The van der Waals surface area contributed by atoms with Crippen LogP contribution >= 0.6 is 0 Å². The molecule has 1 unspecified atom stereocenters. The lowest BCUT2D eigenvalue weighted by atomic mass is 9.93. The van der Waals surface area contributed by atoms with Crippen LogP contribution in [-0.2, 0) is 19.1 Å². The minimum absolute atomic E-state index is 0.120. The number of ketones is 1. The van der Waals surface area contributed by atoms with Crippen molar-refractivity contribution in [1.82, 2.24) is 0 Å². The molecule has 1 aliphatic carbocycles. The highest BCUT2D eigenvalue weighted by atomic mass is 16.7. The number of carboxylic acid groups (broad SMARTS) is 1. The Morgan fingerprint density at radius 2 is 2.00 bits per heavy atom.